The van der Waals surface area contributed by atoms with E-state index in [0.717, 1.165) is 0 Å². The maximum atomic E-state index is 14.3. The van der Waals surface area contributed by atoms with Gasteiger partial charge in [-0.25, -0.2) is 4.39 Å². The molecule has 180 valence electrons. The summed E-state index contributed by atoms with van der Waals surface area (Å²) in [7, 11) is 1.33. The minimum Gasteiger partial charge on any atom is -0.492 e. The Bertz CT molecular complexity index is 1380. The van der Waals surface area contributed by atoms with Crippen LogP contribution in [0.25, 0.3) is 11.3 Å². The monoisotopic (exact) mass is 484 g/mol. The number of aromatic nitrogens is 2. The lowest BCUT2D eigenvalue weighted by atomic mass is 10.0. The Labute approximate surface area is 198 Å². The number of hydrogen-bond donors (Lipinski definition) is 3. The minimum absolute atomic E-state index is 0.0394. The number of rotatable bonds is 4. The Balaban J connectivity index is 1.65. The van der Waals surface area contributed by atoms with Crippen LogP contribution in [0.5, 0.6) is 5.75 Å². The molecular weight excluding hydrogens is 464 g/mol. The van der Waals surface area contributed by atoms with Crippen LogP contribution in [0.3, 0.4) is 0 Å². The van der Waals surface area contributed by atoms with Gasteiger partial charge >= 0.3 is 6.18 Å². The van der Waals surface area contributed by atoms with Crippen LogP contribution in [-0.4, -0.2) is 35.7 Å². The first kappa shape index (κ1) is 22.8. The summed E-state index contributed by atoms with van der Waals surface area (Å²) in [4.78, 5) is 20.0. The van der Waals surface area contributed by atoms with Gasteiger partial charge in [0, 0.05) is 36.6 Å². The number of hydrogen-bond acceptors (Lipinski definition) is 4. The standard InChI is InChI=1S/C25H20F4N4O2/c1-35-22-16(26)3-2-4-18(22)33-21-19-17(7-12-31-23(19)34)32-20(21)15-6-11-30-13-14(15)5-8-24(9-10-24)25(27,28)29/h2-4,6,11,13,32-33H,7,9-10,12H2,1H3,(H,31,34). The lowest BCUT2D eigenvalue weighted by Gasteiger charge is -2.17. The number of aromatic amines is 1. The molecule has 0 saturated heterocycles. The molecule has 2 aliphatic rings. The molecule has 5 rings (SSSR count). The number of nitrogens with one attached hydrogen (secondary N) is 3. The normalized spacial score (nSPS) is 16.0. The first-order valence-corrected chi connectivity index (χ1v) is 10.9. The summed E-state index contributed by atoms with van der Waals surface area (Å²) in [5.41, 5.74) is 0.777. The number of pyridine rings is 1. The number of ether oxygens (including phenoxy) is 1. The zero-order valence-corrected chi connectivity index (χ0v) is 18.6. The third kappa shape index (κ3) is 3.97. The molecule has 0 unspecified atom stereocenters. The topological polar surface area (TPSA) is 79.0 Å². The highest BCUT2D eigenvalue weighted by Crippen LogP contribution is 2.57. The van der Waals surface area contributed by atoms with Crippen molar-refractivity contribution in [3.63, 3.8) is 0 Å². The third-order valence-corrected chi connectivity index (χ3v) is 6.22. The summed E-state index contributed by atoms with van der Waals surface area (Å²) in [6.45, 7) is 0.422. The van der Waals surface area contributed by atoms with Gasteiger partial charge in [-0.05, 0) is 31.0 Å². The molecule has 1 aliphatic heterocycles. The molecule has 2 aromatic heterocycles. The Kier molecular flexibility index (Phi) is 5.43. The van der Waals surface area contributed by atoms with Crippen LogP contribution in [0.15, 0.2) is 36.7 Å². The molecule has 1 aromatic carbocycles. The first-order chi connectivity index (χ1) is 16.7. The van der Waals surface area contributed by atoms with Crippen molar-refractivity contribution in [1.82, 2.24) is 15.3 Å². The van der Waals surface area contributed by atoms with Gasteiger partial charge < -0.3 is 20.4 Å². The van der Waals surface area contributed by atoms with E-state index in [1.54, 1.807) is 12.1 Å². The van der Waals surface area contributed by atoms with Gasteiger partial charge in [0.25, 0.3) is 5.91 Å². The minimum atomic E-state index is -4.41. The molecule has 0 spiro atoms. The SMILES string of the molecule is COc1c(F)cccc1Nc1c(-c2ccncc2C#CC2(C(F)(F)F)CC2)[nH]c2c1C(=O)NCC2. The first-order valence-electron chi connectivity index (χ1n) is 10.9. The van der Waals surface area contributed by atoms with E-state index in [9.17, 15) is 22.4 Å². The molecular formula is C25H20F4N4O2. The van der Waals surface area contributed by atoms with Crippen molar-refractivity contribution in [1.29, 1.82) is 0 Å². The maximum Gasteiger partial charge on any atom is 0.405 e. The summed E-state index contributed by atoms with van der Waals surface area (Å²) < 4.78 is 59.7. The average molecular weight is 484 g/mol. The number of carbonyl (C=O) groups is 1. The fourth-order valence-electron chi connectivity index (χ4n) is 4.16. The Morgan fingerprint density at radius 2 is 2.03 bits per heavy atom. The molecule has 35 heavy (non-hydrogen) atoms. The number of amides is 1. The van der Waals surface area contributed by atoms with Crippen molar-refractivity contribution in [2.24, 2.45) is 5.41 Å². The third-order valence-electron chi connectivity index (χ3n) is 6.22. The Morgan fingerprint density at radius 3 is 2.74 bits per heavy atom. The van der Waals surface area contributed by atoms with Gasteiger partial charge in [0.1, 0.15) is 5.41 Å². The molecule has 10 heteroatoms. The molecule has 1 amide bonds. The zero-order valence-electron chi connectivity index (χ0n) is 18.6. The fraction of sp³-hybridized carbons (Fsp3) is 0.280. The number of benzene rings is 1. The highest BCUT2D eigenvalue weighted by molar-refractivity contribution is 6.06. The Hall–Kier alpha value is -4.00. The van der Waals surface area contributed by atoms with E-state index in [2.05, 4.69) is 32.4 Å². The molecule has 3 N–H and O–H groups in total. The van der Waals surface area contributed by atoms with Crippen molar-refractivity contribution in [2.45, 2.75) is 25.4 Å². The van der Waals surface area contributed by atoms with E-state index in [1.165, 1.54) is 31.6 Å². The molecule has 3 aromatic rings. The Morgan fingerprint density at radius 1 is 1.23 bits per heavy atom. The summed E-state index contributed by atoms with van der Waals surface area (Å²) in [5.74, 6) is 4.11. The second-order valence-electron chi connectivity index (χ2n) is 8.43. The number of nitrogens with zero attached hydrogens (tertiary/aromatic N) is 1. The van der Waals surface area contributed by atoms with Crippen molar-refractivity contribution < 1.29 is 27.1 Å². The van der Waals surface area contributed by atoms with Crippen LogP contribution < -0.4 is 15.4 Å². The van der Waals surface area contributed by atoms with Gasteiger partial charge in [0.15, 0.2) is 11.6 Å². The molecule has 1 saturated carbocycles. The summed E-state index contributed by atoms with van der Waals surface area (Å²) in [6.07, 6.45) is -1.10. The van der Waals surface area contributed by atoms with Crippen LogP contribution in [0, 0.1) is 23.1 Å². The van der Waals surface area contributed by atoms with Gasteiger partial charge in [0.05, 0.1) is 35.3 Å². The number of methoxy groups -OCH3 is 1. The van der Waals surface area contributed by atoms with Crippen LogP contribution in [0.4, 0.5) is 28.9 Å². The van der Waals surface area contributed by atoms with E-state index in [4.69, 9.17) is 4.74 Å². The van der Waals surface area contributed by atoms with Crippen LogP contribution >= 0.6 is 0 Å². The highest BCUT2D eigenvalue weighted by atomic mass is 19.4. The molecule has 3 heterocycles. The number of H-pyrrole nitrogens is 1. The number of halogens is 4. The van der Waals surface area contributed by atoms with Gasteiger partial charge in [-0.2, -0.15) is 13.2 Å². The van der Waals surface area contributed by atoms with Gasteiger partial charge in [-0.3, -0.25) is 9.78 Å². The zero-order chi connectivity index (χ0) is 24.8. The summed E-state index contributed by atoms with van der Waals surface area (Å²) in [5, 5.41) is 5.88. The summed E-state index contributed by atoms with van der Waals surface area (Å²) >= 11 is 0. The van der Waals surface area contributed by atoms with Crippen molar-refractivity contribution in [2.75, 3.05) is 19.0 Å². The summed E-state index contributed by atoms with van der Waals surface area (Å²) in [6, 6.07) is 5.95. The largest absolute Gasteiger partial charge is 0.492 e. The lowest BCUT2D eigenvalue weighted by Crippen LogP contribution is -2.31. The number of para-hydroxylation sites is 1. The molecule has 0 bridgehead atoms. The van der Waals surface area contributed by atoms with Crippen molar-refractivity contribution in [3.8, 4) is 28.8 Å². The van der Waals surface area contributed by atoms with Crippen molar-refractivity contribution >= 4 is 17.3 Å². The van der Waals surface area contributed by atoms with Crippen LogP contribution in [0.2, 0.25) is 0 Å². The molecule has 6 nitrogen and oxygen atoms in total. The number of fused-ring (bicyclic) bond motifs is 1. The number of alkyl halides is 3. The molecule has 1 aliphatic carbocycles. The second-order valence-corrected chi connectivity index (χ2v) is 8.43. The number of anilines is 2. The molecule has 0 radical (unpaired) electrons. The predicted octanol–water partition coefficient (Wildman–Crippen LogP) is 4.95. The van der Waals surface area contributed by atoms with E-state index >= 15 is 0 Å². The predicted molar refractivity (Wildman–Crippen MR) is 121 cm³/mol. The maximum absolute atomic E-state index is 14.3. The smallest absolute Gasteiger partial charge is 0.405 e. The van der Waals surface area contributed by atoms with Gasteiger partial charge in [-0.1, -0.05) is 17.9 Å². The van der Waals surface area contributed by atoms with Crippen molar-refractivity contribution in [3.05, 3.63) is 59.3 Å². The van der Waals surface area contributed by atoms with E-state index in [-0.39, 0.29) is 35.7 Å². The second kappa shape index (κ2) is 8.34. The molecule has 0 atom stereocenters. The molecule has 1 fully saturated rings. The van der Waals surface area contributed by atoms with Gasteiger partial charge in [0.2, 0.25) is 0 Å². The van der Waals surface area contributed by atoms with Gasteiger partial charge in [-0.15, -0.1) is 0 Å². The lowest BCUT2D eigenvalue weighted by molar-refractivity contribution is -0.168. The quantitative estimate of drug-likeness (QED) is 0.362. The van der Waals surface area contributed by atoms with E-state index < -0.39 is 17.4 Å². The van der Waals surface area contributed by atoms with E-state index in [0.29, 0.717) is 41.2 Å². The average Bonchev–Trinajstić information content (AvgIpc) is 3.54. The van der Waals surface area contributed by atoms with E-state index in [1.807, 2.05) is 0 Å². The van der Waals surface area contributed by atoms with Crippen LogP contribution in [-0.2, 0) is 6.42 Å². The van der Waals surface area contributed by atoms with Crippen LogP contribution in [0.1, 0.15) is 34.5 Å². The fourth-order valence-corrected chi connectivity index (χ4v) is 4.16. The highest BCUT2D eigenvalue weighted by Gasteiger charge is 2.62. The number of carbonyl (C=O) groups excluding carboxylic acids is 1.